The number of hydrogen-bond acceptors (Lipinski definition) is 2. The van der Waals surface area contributed by atoms with Crippen molar-refractivity contribution in [1.82, 2.24) is 0 Å². The highest BCUT2D eigenvalue weighted by Crippen LogP contribution is 2.39. The fourth-order valence-corrected chi connectivity index (χ4v) is 2.34. The summed E-state index contributed by atoms with van der Waals surface area (Å²) in [5, 5.41) is 19.3. The van der Waals surface area contributed by atoms with E-state index in [0.717, 1.165) is 19.3 Å². The molecule has 0 aromatic rings. The van der Waals surface area contributed by atoms with Crippen LogP contribution in [0.25, 0.3) is 0 Å². The second kappa shape index (κ2) is 4.13. The van der Waals surface area contributed by atoms with E-state index in [-0.39, 0.29) is 5.92 Å². The maximum Gasteiger partial charge on any atom is 0.313 e. The Morgan fingerprint density at radius 3 is 2.71 bits per heavy atom. The summed E-state index contributed by atoms with van der Waals surface area (Å²) in [6, 6.07) is 0. The number of rotatable bonds is 3. The Labute approximate surface area is 84.4 Å². The van der Waals surface area contributed by atoms with Gasteiger partial charge < -0.3 is 10.2 Å². The Bertz CT molecular complexity index is 237. The molecule has 0 aliphatic heterocycles. The summed E-state index contributed by atoms with van der Waals surface area (Å²) in [4.78, 5) is 10.9. The second-order valence-electron chi connectivity index (χ2n) is 4.19. The van der Waals surface area contributed by atoms with Gasteiger partial charge in [-0.2, -0.15) is 0 Å². The predicted molar refractivity (Wildman–Crippen MR) is 53.9 cm³/mol. The number of hydrogen-bond donors (Lipinski definition) is 2. The molecule has 3 unspecified atom stereocenters. The van der Waals surface area contributed by atoms with Gasteiger partial charge in [0.05, 0.1) is 5.60 Å². The molecule has 0 spiro atoms. The van der Waals surface area contributed by atoms with Crippen LogP contribution in [0.15, 0.2) is 12.7 Å². The predicted octanol–water partition coefficient (Wildman–Crippen LogP) is 1.81. The molecule has 0 bridgehead atoms. The third-order valence-corrected chi connectivity index (χ3v) is 3.36. The Morgan fingerprint density at radius 1 is 1.64 bits per heavy atom. The average Bonchev–Trinajstić information content (AvgIpc) is 2.11. The lowest BCUT2D eigenvalue weighted by molar-refractivity contribution is -0.155. The molecule has 1 fully saturated rings. The van der Waals surface area contributed by atoms with Gasteiger partial charge in [-0.1, -0.05) is 25.8 Å². The van der Waals surface area contributed by atoms with Crippen LogP contribution in [0.3, 0.4) is 0 Å². The maximum absolute atomic E-state index is 10.9. The molecule has 3 atom stereocenters. The largest absolute Gasteiger partial charge is 0.481 e. The van der Waals surface area contributed by atoms with Gasteiger partial charge in [-0.3, -0.25) is 4.79 Å². The normalized spacial score (nSPS) is 34.9. The molecule has 80 valence electrons. The topological polar surface area (TPSA) is 57.5 Å². The molecule has 0 radical (unpaired) electrons. The number of carboxylic acids is 1. The van der Waals surface area contributed by atoms with Crippen molar-refractivity contribution in [3.8, 4) is 0 Å². The molecule has 0 aromatic heterocycles. The van der Waals surface area contributed by atoms with E-state index >= 15 is 0 Å². The first-order valence-corrected chi connectivity index (χ1v) is 5.10. The number of carbonyl (C=O) groups is 1. The molecule has 1 aliphatic rings. The van der Waals surface area contributed by atoms with Crippen LogP contribution in [0.5, 0.6) is 0 Å². The van der Waals surface area contributed by atoms with Gasteiger partial charge in [-0.05, 0) is 18.8 Å². The summed E-state index contributed by atoms with van der Waals surface area (Å²) in [5.41, 5.74) is -1.09. The Balaban J connectivity index is 2.88. The molecule has 0 heterocycles. The number of aliphatic hydroxyl groups is 1. The number of aliphatic carboxylic acids is 1. The first-order chi connectivity index (χ1) is 6.52. The van der Waals surface area contributed by atoms with E-state index in [0.29, 0.717) is 6.42 Å². The lowest BCUT2D eigenvalue weighted by Crippen LogP contribution is -2.48. The Morgan fingerprint density at radius 2 is 2.29 bits per heavy atom. The highest BCUT2D eigenvalue weighted by Gasteiger charge is 2.45. The van der Waals surface area contributed by atoms with Crippen LogP contribution in [-0.4, -0.2) is 21.8 Å². The summed E-state index contributed by atoms with van der Waals surface area (Å²) in [6.45, 7) is 5.41. The van der Waals surface area contributed by atoms with Crippen LogP contribution < -0.4 is 0 Å². The second-order valence-corrected chi connectivity index (χ2v) is 4.19. The van der Waals surface area contributed by atoms with Crippen molar-refractivity contribution in [3.05, 3.63) is 12.7 Å². The van der Waals surface area contributed by atoms with E-state index in [2.05, 4.69) is 6.58 Å². The van der Waals surface area contributed by atoms with Crippen molar-refractivity contribution in [2.75, 3.05) is 0 Å². The van der Waals surface area contributed by atoms with Crippen LogP contribution in [-0.2, 0) is 4.79 Å². The minimum atomic E-state index is -1.09. The van der Waals surface area contributed by atoms with Gasteiger partial charge in [0.25, 0.3) is 0 Å². The molecule has 14 heavy (non-hydrogen) atoms. The molecule has 2 N–H and O–H groups in total. The zero-order valence-electron chi connectivity index (χ0n) is 8.57. The highest BCUT2D eigenvalue weighted by molar-refractivity contribution is 5.73. The van der Waals surface area contributed by atoms with Crippen molar-refractivity contribution >= 4 is 5.97 Å². The summed E-state index contributed by atoms with van der Waals surface area (Å²) in [7, 11) is 0. The van der Waals surface area contributed by atoms with E-state index in [9.17, 15) is 9.90 Å². The van der Waals surface area contributed by atoms with Gasteiger partial charge in [0.2, 0.25) is 0 Å². The van der Waals surface area contributed by atoms with E-state index in [1.807, 2.05) is 6.92 Å². The lowest BCUT2D eigenvalue weighted by atomic mass is 9.69. The molecule has 0 amide bonds. The number of carboxylic acid groups (broad SMARTS) is 1. The van der Waals surface area contributed by atoms with Gasteiger partial charge in [0, 0.05) is 0 Å². The van der Waals surface area contributed by atoms with Crippen molar-refractivity contribution < 1.29 is 15.0 Å². The van der Waals surface area contributed by atoms with Crippen molar-refractivity contribution in [3.63, 3.8) is 0 Å². The zero-order valence-corrected chi connectivity index (χ0v) is 8.57. The van der Waals surface area contributed by atoms with Crippen LogP contribution in [0.1, 0.15) is 32.6 Å². The molecule has 1 rings (SSSR count). The standard InChI is InChI=1S/C11H18O3/c1-3-9(10(12)13)11(14)7-5-4-6-8(11)2/h3,8-9,14H,1,4-7H2,2H3,(H,12,13). The van der Waals surface area contributed by atoms with Crippen molar-refractivity contribution in [2.45, 2.75) is 38.2 Å². The fraction of sp³-hybridized carbons (Fsp3) is 0.727. The van der Waals surface area contributed by atoms with Gasteiger partial charge in [-0.15, -0.1) is 6.58 Å². The SMILES string of the molecule is C=CC(C(=O)O)C1(O)CCCCC1C. The van der Waals surface area contributed by atoms with Crippen LogP contribution in [0.2, 0.25) is 0 Å². The molecule has 3 heteroatoms. The van der Waals surface area contributed by atoms with Gasteiger partial charge in [0.1, 0.15) is 5.92 Å². The molecule has 0 saturated heterocycles. The molecule has 1 saturated carbocycles. The van der Waals surface area contributed by atoms with Gasteiger partial charge >= 0.3 is 5.97 Å². The highest BCUT2D eigenvalue weighted by atomic mass is 16.4. The third-order valence-electron chi connectivity index (χ3n) is 3.36. The van der Waals surface area contributed by atoms with Gasteiger partial charge in [0.15, 0.2) is 0 Å². The Hall–Kier alpha value is -0.830. The van der Waals surface area contributed by atoms with E-state index in [1.54, 1.807) is 0 Å². The summed E-state index contributed by atoms with van der Waals surface area (Å²) >= 11 is 0. The van der Waals surface area contributed by atoms with Crippen LogP contribution in [0, 0.1) is 11.8 Å². The van der Waals surface area contributed by atoms with Crippen LogP contribution >= 0.6 is 0 Å². The van der Waals surface area contributed by atoms with E-state index < -0.39 is 17.5 Å². The Kier molecular flexibility index (Phi) is 3.32. The zero-order chi connectivity index (χ0) is 10.8. The monoisotopic (exact) mass is 198 g/mol. The van der Waals surface area contributed by atoms with Gasteiger partial charge in [-0.25, -0.2) is 0 Å². The summed E-state index contributed by atoms with van der Waals surface area (Å²) in [5.74, 6) is -1.77. The first kappa shape index (κ1) is 11.2. The molecule has 3 nitrogen and oxygen atoms in total. The minimum absolute atomic E-state index is 0.0374. The fourth-order valence-electron chi connectivity index (χ4n) is 2.34. The maximum atomic E-state index is 10.9. The lowest BCUT2D eigenvalue weighted by Gasteiger charge is -2.41. The summed E-state index contributed by atoms with van der Waals surface area (Å²) < 4.78 is 0. The van der Waals surface area contributed by atoms with Crippen molar-refractivity contribution in [2.24, 2.45) is 11.8 Å². The minimum Gasteiger partial charge on any atom is -0.481 e. The van der Waals surface area contributed by atoms with E-state index in [1.165, 1.54) is 6.08 Å². The quantitative estimate of drug-likeness (QED) is 0.680. The smallest absolute Gasteiger partial charge is 0.313 e. The average molecular weight is 198 g/mol. The molecular weight excluding hydrogens is 180 g/mol. The van der Waals surface area contributed by atoms with E-state index in [4.69, 9.17) is 5.11 Å². The first-order valence-electron chi connectivity index (χ1n) is 5.10. The molecule has 1 aliphatic carbocycles. The third kappa shape index (κ3) is 1.82. The van der Waals surface area contributed by atoms with Crippen molar-refractivity contribution in [1.29, 1.82) is 0 Å². The summed E-state index contributed by atoms with van der Waals surface area (Å²) in [6.07, 6.45) is 4.79. The molecular formula is C11H18O3. The molecule has 0 aromatic carbocycles. The van der Waals surface area contributed by atoms with Crippen LogP contribution in [0.4, 0.5) is 0 Å².